The van der Waals surface area contributed by atoms with Gasteiger partial charge in [-0.3, -0.25) is 0 Å². The van der Waals surface area contributed by atoms with E-state index in [9.17, 15) is 0 Å². The predicted octanol–water partition coefficient (Wildman–Crippen LogP) is 7.71. The Bertz CT molecular complexity index is 810. The van der Waals surface area contributed by atoms with Gasteiger partial charge in [0.15, 0.2) is 0 Å². The Morgan fingerprint density at radius 2 is 1.08 bits per heavy atom. The van der Waals surface area contributed by atoms with Gasteiger partial charge in [-0.05, 0) is 39.4 Å². The Morgan fingerprint density at radius 3 is 1.76 bits per heavy atom. The van der Waals surface area contributed by atoms with Gasteiger partial charge in [-0.1, -0.05) is 108 Å². The number of hydrogen-bond acceptors (Lipinski definition) is 0. The number of fused-ring (bicyclic) bond motifs is 3. The van der Waals surface area contributed by atoms with Crippen molar-refractivity contribution in [3.05, 3.63) is 83.9 Å². The smallest absolute Gasteiger partial charge is 0.0158 e. The summed E-state index contributed by atoms with van der Waals surface area (Å²) in [5.41, 5.74) is 8.31. The van der Waals surface area contributed by atoms with Gasteiger partial charge in [-0.25, -0.2) is 0 Å². The van der Waals surface area contributed by atoms with Crippen LogP contribution in [0.5, 0.6) is 0 Å². The molecule has 1 aliphatic carbocycles. The second kappa shape index (κ2) is 8.16. The maximum absolute atomic E-state index is 2.35. The van der Waals surface area contributed by atoms with Crippen LogP contribution < -0.4 is 0 Å². The molecule has 0 amide bonds. The summed E-state index contributed by atoms with van der Waals surface area (Å²) in [5.74, 6) is 0. The molecule has 0 bridgehead atoms. The second-order valence-corrected chi connectivity index (χ2v) is 6.30. The first-order valence-corrected chi connectivity index (χ1v) is 9.48. The molecular weight excluding hydrogens is 300 g/mol. The van der Waals surface area contributed by atoms with Crippen LogP contribution in [0.3, 0.4) is 0 Å². The third-order valence-corrected chi connectivity index (χ3v) is 4.69. The average molecular weight is 331 g/mol. The molecule has 3 aromatic rings. The van der Waals surface area contributed by atoms with E-state index < -0.39 is 0 Å². The van der Waals surface area contributed by atoms with Gasteiger partial charge in [0.05, 0.1) is 0 Å². The lowest BCUT2D eigenvalue weighted by Crippen LogP contribution is -2.14. The molecule has 0 heterocycles. The lowest BCUT2D eigenvalue weighted by molar-refractivity contribution is 0.660. The van der Waals surface area contributed by atoms with E-state index in [0.29, 0.717) is 0 Å². The quantitative estimate of drug-likeness (QED) is 0.428. The highest BCUT2D eigenvalue weighted by Gasteiger charge is 2.34. The largest absolute Gasteiger partial charge is 0.0683 e. The van der Waals surface area contributed by atoms with Crippen molar-refractivity contribution >= 4 is 0 Å². The van der Waals surface area contributed by atoms with E-state index in [2.05, 4.69) is 86.6 Å². The molecule has 0 fully saturated rings. The monoisotopic (exact) mass is 330 g/mol. The first kappa shape index (κ1) is 19.0. The highest BCUT2D eigenvalue weighted by molar-refractivity contribution is 5.84. The van der Waals surface area contributed by atoms with Crippen molar-refractivity contribution < 1.29 is 0 Å². The summed E-state index contributed by atoms with van der Waals surface area (Å²) >= 11 is 0. The molecule has 0 saturated carbocycles. The molecule has 0 N–H and O–H groups in total. The minimum atomic E-state index is 0.0984. The Hall–Kier alpha value is -2.34. The van der Waals surface area contributed by atoms with Gasteiger partial charge in [0.2, 0.25) is 0 Å². The van der Waals surface area contributed by atoms with Gasteiger partial charge in [0.1, 0.15) is 0 Å². The predicted molar refractivity (Wildman–Crippen MR) is 112 cm³/mol. The highest BCUT2D eigenvalue weighted by Crippen LogP contribution is 2.49. The molecule has 0 heteroatoms. The molecule has 4 rings (SSSR count). The number of rotatable bonds is 1. The van der Waals surface area contributed by atoms with Crippen molar-refractivity contribution in [3.8, 4) is 22.3 Å². The minimum absolute atomic E-state index is 0.0984. The maximum atomic E-state index is 2.35. The normalized spacial score (nSPS) is 12.7. The van der Waals surface area contributed by atoms with Gasteiger partial charge >= 0.3 is 0 Å². The van der Waals surface area contributed by atoms with Gasteiger partial charge in [0.25, 0.3) is 0 Å². The molecule has 0 aromatic heterocycles. The van der Waals surface area contributed by atoms with E-state index in [0.717, 1.165) is 0 Å². The summed E-state index contributed by atoms with van der Waals surface area (Å²) in [6, 6.07) is 26.3. The standard InChI is InChI=1S/C21H18.2C2H6/c1-21(2)19-11-7-6-10-17(19)18-14-16(12-13-20(18)21)15-8-4-3-5-9-15;2*1-2/h3-14H,1-2H3;2*1-2H3. The van der Waals surface area contributed by atoms with Crippen molar-refractivity contribution in [1.29, 1.82) is 0 Å². The fraction of sp³-hybridized carbons (Fsp3) is 0.280. The zero-order chi connectivity index (χ0) is 18.4. The first-order valence-electron chi connectivity index (χ1n) is 9.48. The highest BCUT2D eigenvalue weighted by atomic mass is 14.4. The molecule has 0 nitrogen and oxygen atoms in total. The summed E-state index contributed by atoms with van der Waals surface area (Å²) in [6.45, 7) is 12.6. The molecular formula is C25H30. The molecule has 0 spiro atoms. The first-order chi connectivity index (χ1) is 12.2. The SMILES string of the molecule is CC.CC.CC1(C)c2ccccc2-c2cc(-c3ccccc3)ccc21. The van der Waals surface area contributed by atoms with Crippen LogP contribution in [0.2, 0.25) is 0 Å². The van der Waals surface area contributed by atoms with Crippen molar-refractivity contribution in [1.82, 2.24) is 0 Å². The van der Waals surface area contributed by atoms with Crippen LogP contribution in [-0.2, 0) is 5.41 Å². The zero-order valence-corrected chi connectivity index (χ0v) is 16.4. The average Bonchev–Trinajstić information content (AvgIpc) is 2.93. The van der Waals surface area contributed by atoms with Crippen LogP contribution >= 0.6 is 0 Å². The summed E-state index contributed by atoms with van der Waals surface area (Å²) in [6.07, 6.45) is 0. The summed E-state index contributed by atoms with van der Waals surface area (Å²) in [7, 11) is 0. The summed E-state index contributed by atoms with van der Waals surface area (Å²) < 4.78 is 0. The van der Waals surface area contributed by atoms with E-state index in [4.69, 9.17) is 0 Å². The third kappa shape index (κ3) is 3.39. The van der Waals surface area contributed by atoms with E-state index in [1.807, 2.05) is 27.7 Å². The van der Waals surface area contributed by atoms with Crippen LogP contribution in [0.15, 0.2) is 72.8 Å². The Labute approximate surface area is 153 Å². The molecule has 25 heavy (non-hydrogen) atoms. The Kier molecular flexibility index (Phi) is 6.20. The third-order valence-electron chi connectivity index (χ3n) is 4.69. The van der Waals surface area contributed by atoms with Gasteiger partial charge in [-0.2, -0.15) is 0 Å². The maximum Gasteiger partial charge on any atom is 0.0158 e. The molecule has 0 unspecified atom stereocenters. The van der Waals surface area contributed by atoms with Crippen LogP contribution in [-0.4, -0.2) is 0 Å². The van der Waals surface area contributed by atoms with Crippen molar-refractivity contribution in [2.45, 2.75) is 47.0 Å². The van der Waals surface area contributed by atoms with E-state index >= 15 is 0 Å². The molecule has 0 saturated heterocycles. The number of hydrogen-bond donors (Lipinski definition) is 0. The second-order valence-electron chi connectivity index (χ2n) is 6.30. The van der Waals surface area contributed by atoms with Gasteiger partial charge < -0.3 is 0 Å². The van der Waals surface area contributed by atoms with Gasteiger partial charge in [0, 0.05) is 5.41 Å². The molecule has 3 aromatic carbocycles. The lowest BCUT2D eigenvalue weighted by Gasteiger charge is -2.21. The summed E-state index contributed by atoms with van der Waals surface area (Å²) in [4.78, 5) is 0. The van der Waals surface area contributed by atoms with Crippen LogP contribution in [0, 0.1) is 0 Å². The van der Waals surface area contributed by atoms with Crippen LogP contribution in [0.1, 0.15) is 52.7 Å². The topological polar surface area (TPSA) is 0 Å². The number of benzene rings is 3. The van der Waals surface area contributed by atoms with Crippen molar-refractivity contribution in [2.24, 2.45) is 0 Å². The van der Waals surface area contributed by atoms with Crippen LogP contribution in [0.4, 0.5) is 0 Å². The van der Waals surface area contributed by atoms with Crippen molar-refractivity contribution in [3.63, 3.8) is 0 Å². The van der Waals surface area contributed by atoms with Crippen LogP contribution in [0.25, 0.3) is 22.3 Å². The molecule has 0 aliphatic heterocycles. The molecule has 0 atom stereocenters. The fourth-order valence-electron chi connectivity index (χ4n) is 3.53. The Balaban J connectivity index is 0.000000528. The Morgan fingerprint density at radius 1 is 0.520 bits per heavy atom. The molecule has 1 aliphatic rings. The lowest BCUT2D eigenvalue weighted by atomic mass is 9.82. The fourth-order valence-corrected chi connectivity index (χ4v) is 3.53. The van der Waals surface area contributed by atoms with E-state index in [1.165, 1.54) is 33.4 Å². The van der Waals surface area contributed by atoms with Crippen molar-refractivity contribution in [2.75, 3.05) is 0 Å². The zero-order valence-electron chi connectivity index (χ0n) is 16.4. The minimum Gasteiger partial charge on any atom is -0.0683 e. The summed E-state index contributed by atoms with van der Waals surface area (Å²) in [5, 5.41) is 0. The van der Waals surface area contributed by atoms with Gasteiger partial charge in [-0.15, -0.1) is 0 Å². The van der Waals surface area contributed by atoms with E-state index in [1.54, 1.807) is 0 Å². The molecule has 0 radical (unpaired) electrons. The van der Waals surface area contributed by atoms with E-state index in [-0.39, 0.29) is 5.41 Å². The molecule has 130 valence electrons.